The molecule has 0 aliphatic heterocycles. The van der Waals surface area contributed by atoms with Gasteiger partial charge in [-0.15, -0.1) is 10.2 Å². The fourth-order valence-corrected chi connectivity index (χ4v) is 1.27. The van der Waals surface area contributed by atoms with Crippen molar-refractivity contribution < 1.29 is 9.53 Å². The first-order valence-corrected chi connectivity index (χ1v) is 5.23. The van der Waals surface area contributed by atoms with Crippen molar-refractivity contribution in [1.29, 1.82) is 0 Å². The minimum Gasteiger partial charge on any atom is -0.385 e. The first-order chi connectivity index (χ1) is 8.19. The Morgan fingerprint density at radius 1 is 1.53 bits per heavy atom. The van der Waals surface area contributed by atoms with Crippen LogP contribution < -0.4 is 11.3 Å². The molecule has 17 heavy (non-hydrogen) atoms. The van der Waals surface area contributed by atoms with E-state index in [1.54, 1.807) is 31.2 Å². The van der Waals surface area contributed by atoms with Gasteiger partial charge in [-0.05, 0) is 18.6 Å². The monoisotopic (exact) mass is 239 g/mol. The number of hydrogen-bond acceptors (Lipinski definition) is 6. The standard InChI is InChI=1S/C10H17N5O2/c1-15(6-3-7-17-2)10(16)8-4-5-9(12-11)14-13-8/h4-5H,3,6-7,11H2,1-2H3,(H,12,14). The molecule has 0 spiro atoms. The lowest BCUT2D eigenvalue weighted by atomic mass is 10.3. The number of nitrogens with two attached hydrogens (primary N) is 1. The minimum atomic E-state index is -0.169. The zero-order valence-corrected chi connectivity index (χ0v) is 10.0. The van der Waals surface area contributed by atoms with E-state index >= 15 is 0 Å². The number of rotatable bonds is 6. The van der Waals surface area contributed by atoms with Crippen LogP contribution in [-0.4, -0.2) is 48.3 Å². The van der Waals surface area contributed by atoms with Crippen LogP contribution in [0.1, 0.15) is 16.9 Å². The summed E-state index contributed by atoms with van der Waals surface area (Å²) in [6, 6.07) is 3.18. The van der Waals surface area contributed by atoms with Crippen molar-refractivity contribution in [3.63, 3.8) is 0 Å². The van der Waals surface area contributed by atoms with Crippen LogP contribution >= 0.6 is 0 Å². The number of carbonyl (C=O) groups is 1. The van der Waals surface area contributed by atoms with Crippen molar-refractivity contribution in [2.45, 2.75) is 6.42 Å². The lowest BCUT2D eigenvalue weighted by Crippen LogP contribution is -2.29. The first kappa shape index (κ1) is 13.3. The van der Waals surface area contributed by atoms with E-state index in [2.05, 4.69) is 15.6 Å². The third-order valence-electron chi connectivity index (χ3n) is 2.22. The Morgan fingerprint density at radius 3 is 2.82 bits per heavy atom. The van der Waals surface area contributed by atoms with Gasteiger partial charge >= 0.3 is 0 Å². The predicted octanol–water partition coefficient (Wildman–Crippen LogP) is -0.129. The molecule has 0 aromatic carbocycles. The average molecular weight is 239 g/mol. The summed E-state index contributed by atoms with van der Waals surface area (Å²) < 4.78 is 4.92. The number of anilines is 1. The molecule has 0 radical (unpaired) electrons. The average Bonchev–Trinajstić information content (AvgIpc) is 2.38. The summed E-state index contributed by atoms with van der Waals surface area (Å²) in [5.41, 5.74) is 2.64. The van der Waals surface area contributed by atoms with Crippen molar-refractivity contribution in [3.05, 3.63) is 17.8 Å². The van der Waals surface area contributed by atoms with Crippen molar-refractivity contribution in [2.24, 2.45) is 5.84 Å². The third kappa shape index (κ3) is 3.97. The van der Waals surface area contributed by atoms with E-state index < -0.39 is 0 Å². The number of nitrogen functional groups attached to an aromatic ring is 1. The maximum Gasteiger partial charge on any atom is 0.274 e. The molecule has 0 aliphatic rings. The number of nitrogens with zero attached hydrogens (tertiary/aromatic N) is 3. The number of carbonyl (C=O) groups excluding carboxylic acids is 1. The van der Waals surface area contributed by atoms with Gasteiger partial charge < -0.3 is 15.1 Å². The summed E-state index contributed by atoms with van der Waals surface area (Å²) in [5, 5.41) is 7.52. The molecule has 0 aliphatic carbocycles. The maximum atomic E-state index is 11.9. The number of methoxy groups -OCH3 is 1. The number of nitrogens with one attached hydrogen (secondary N) is 1. The van der Waals surface area contributed by atoms with Gasteiger partial charge in [0.25, 0.3) is 5.91 Å². The highest BCUT2D eigenvalue weighted by Crippen LogP contribution is 2.03. The molecule has 7 nitrogen and oxygen atoms in total. The molecule has 0 atom stereocenters. The molecule has 3 N–H and O–H groups in total. The molecule has 0 fully saturated rings. The molecule has 1 aromatic heterocycles. The highest BCUT2D eigenvalue weighted by Gasteiger charge is 2.13. The summed E-state index contributed by atoms with van der Waals surface area (Å²) in [5.74, 6) is 5.41. The second-order valence-corrected chi connectivity index (χ2v) is 3.52. The van der Waals surface area contributed by atoms with Gasteiger partial charge in [-0.1, -0.05) is 0 Å². The molecule has 0 unspecified atom stereocenters. The van der Waals surface area contributed by atoms with Gasteiger partial charge in [-0.2, -0.15) is 0 Å². The van der Waals surface area contributed by atoms with Crippen molar-refractivity contribution >= 4 is 11.7 Å². The highest BCUT2D eigenvalue weighted by molar-refractivity contribution is 5.92. The normalized spacial score (nSPS) is 10.1. The van der Waals surface area contributed by atoms with Gasteiger partial charge in [0, 0.05) is 27.3 Å². The number of aromatic nitrogens is 2. The smallest absolute Gasteiger partial charge is 0.274 e. The fraction of sp³-hybridized carbons (Fsp3) is 0.500. The van der Waals surface area contributed by atoms with Crippen molar-refractivity contribution in [2.75, 3.05) is 32.7 Å². The van der Waals surface area contributed by atoms with Crippen LogP contribution in [0, 0.1) is 0 Å². The molecule has 0 bridgehead atoms. The van der Waals surface area contributed by atoms with E-state index in [-0.39, 0.29) is 5.91 Å². The molecular weight excluding hydrogens is 222 g/mol. The second kappa shape index (κ2) is 6.77. The van der Waals surface area contributed by atoms with Crippen LogP contribution in [0.3, 0.4) is 0 Å². The van der Waals surface area contributed by atoms with Crippen LogP contribution in [0.15, 0.2) is 12.1 Å². The van der Waals surface area contributed by atoms with Crippen LogP contribution in [0.25, 0.3) is 0 Å². The zero-order chi connectivity index (χ0) is 12.7. The Bertz CT molecular complexity index is 354. The lowest BCUT2D eigenvalue weighted by Gasteiger charge is -2.15. The van der Waals surface area contributed by atoms with Gasteiger partial charge in [0.15, 0.2) is 11.5 Å². The maximum absolute atomic E-state index is 11.9. The predicted molar refractivity (Wildman–Crippen MR) is 63.3 cm³/mol. The second-order valence-electron chi connectivity index (χ2n) is 3.52. The van der Waals surface area contributed by atoms with Gasteiger partial charge in [0.1, 0.15) is 0 Å². The van der Waals surface area contributed by atoms with Crippen molar-refractivity contribution in [1.82, 2.24) is 15.1 Å². The molecule has 1 rings (SSSR count). The van der Waals surface area contributed by atoms with Gasteiger partial charge in [-0.3, -0.25) is 4.79 Å². The van der Waals surface area contributed by atoms with E-state index in [1.165, 1.54) is 0 Å². The molecule has 0 saturated carbocycles. The van der Waals surface area contributed by atoms with Crippen LogP contribution in [0.2, 0.25) is 0 Å². The van der Waals surface area contributed by atoms with Gasteiger partial charge in [0.05, 0.1) is 0 Å². The summed E-state index contributed by atoms with van der Waals surface area (Å²) in [6.45, 7) is 1.24. The molecule has 94 valence electrons. The topological polar surface area (TPSA) is 93.4 Å². The Kier molecular flexibility index (Phi) is 5.31. The van der Waals surface area contributed by atoms with E-state index in [4.69, 9.17) is 10.6 Å². The number of hydrazine groups is 1. The van der Waals surface area contributed by atoms with E-state index in [0.29, 0.717) is 24.7 Å². The molecule has 1 heterocycles. The molecule has 7 heteroatoms. The van der Waals surface area contributed by atoms with Gasteiger partial charge in [0.2, 0.25) is 0 Å². The SMILES string of the molecule is COCCCN(C)C(=O)c1ccc(NN)nn1. The quantitative estimate of drug-likeness (QED) is 0.408. The number of amides is 1. The van der Waals surface area contributed by atoms with Crippen LogP contribution in [0.4, 0.5) is 5.82 Å². The third-order valence-corrected chi connectivity index (χ3v) is 2.22. The summed E-state index contributed by atoms with van der Waals surface area (Å²) >= 11 is 0. The Hall–Kier alpha value is -1.73. The van der Waals surface area contributed by atoms with E-state index in [1.807, 2.05) is 0 Å². The largest absolute Gasteiger partial charge is 0.385 e. The summed E-state index contributed by atoms with van der Waals surface area (Å²) in [7, 11) is 3.35. The zero-order valence-electron chi connectivity index (χ0n) is 10.0. The Morgan fingerprint density at radius 2 is 2.29 bits per heavy atom. The lowest BCUT2D eigenvalue weighted by molar-refractivity contribution is 0.0772. The van der Waals surface area contributed by atoms with E-state index in [0.717, 1.165) is 6.42 Å². The molecule has 1 amide bonds. The summed E-state index contributed by atoms with van der Waals surface area (Å²) in [4.78, 5) is 13.5. The molecular formula is C10H17N5O2. The van der Waals surface area contributed by atoms with Gasteiger partial charge in [-0.25, -0.2) is 5.84 Å². The Balaban J connectivity index is 2.55. The highest BCUT2D eigenvalue weighted by atomic mass is 16.5. The minimum absolute atomic E-state index is 0.169. The molecule has 1 aromatic rings. The van der Waals surface area contributed by atoms with Crippen LogP contribution in [0.5, 0.6) is 0 Å². The fourth-order valence-electron chi connectivity index (χ4n) is 1.27. The van der Waals surface area contributed by atoms with E-state index in [9.17, 15) is 4.79 Å². The van der Waals surface area contributed by atoms with Crippen LogP contribution in [-0.2, 0) is 4.74 Å². The Labute approximate surface area is 99.9 Å². The van der Waals surface area contributed by atoms with Crippen molar-refractivity contribution in [3.8, 4) is 0 Å². The number of ether oxygens (including phenoxy) is 1. The molecule has 0 saturated heterocycles. The number of hydrogen-bond donors (Lipinski definition) is 2. The first-order valence-electron chi connectivity index (χ1n) is 5.23. The summed E-state index contributed by atoms with van der Waals surface area (Å²) in [6.07, 6.45) is 0.786.